The molecule has 0 aromatic heterocycles. The van der Waals surface area contributed by atoms with Crippen molar-refractivity contribution < 1.29 is 4.74 Å². The van der Waals surface area contributed by atoms with Crippen LogP contribution < -0.4 is 10.1 Å². The number of nitrogens with one attached hydrogen (secondary N) is 1. The molecule has 2 aliphatic rings. The molecule has 1 aliphatic carbocycles. The van der Waals surface area contributed by atoms with E-state index in [1.54, 1.807) is 0 Å². The Morgan fingerprint density at radius 2 is 1.85 bits per heavy atom. The summed E-state index contributed by atoms with van der Waals surface area (Å²) in [4.78, 5) is 2.52. The largest absolute Gasteiger partial charge is 0.494 e. The van der Waals surface area contributed by atoms with Gasteiger partial charge in [0.15, 0.2) is 0 Å². The van der Waals surface area contributed by atoms with E-state index >= 15 is 0 Å². The molecule has 0 amide bonds. The van der Waals surface area contributed by atoms with Gasteiger partial charge in [-0.3, -0.25) is 0 Å². The fourth-order valence-corrected chi connectivity index (χ4v) is 3.21. The summed E-state index contributed by atoms with van der Waals surface area (Å²) in [7, 11) is 0. The average Bonchev–Trinajstić information content (AvgIpc) is 2.52. The minimum absolute atomic E-state index is 0.836. The Balaban J connectivity index is 1.41. The van der Waals surface area contributed by atoms with Gasteiger partial charge in [0, 0.05) is 32.7 Å². The maximum Gasteiger partial charge on any atom is 0.119 e. The van der Waals surface area contributed by atoms with Crippen molar-refractivity contribution in [2.24, 2.45) is 0 Å². The number of aryl methyl sites for hydroxylation is 2. The first-order valence-corrected chi connectivity index (χ1v) is 8.09. The molecule has 1 fully saturated rings. The zero-order chi connectivity index (χ0) is 13.6. The average molecular weight is 274 g/mol. The standard InChI is InChI=1S/C17H26N2O/c1-2-5-16-14-17(7-6-15(16)4-1)20-13-3-10-19-11-8-18-9-12-19/h6-7,14,18H,1-5,8-13H2. The third-order valence-electron chi connectivity index (χ3n) is 4.42. The van der Waals surface area contributed by atoms with Crippen LogP contribution in [0.1, 0.15) is 30.4 Å². The van der Waals surface area contributed by atoms with Crippen LogP contribution in [0.4, 0.5) is 0 Å². The Morgan fingerprint density at radius 3 is 2.70 bits per heavy atom. The molecule has 3 nitrogen and oxygen atoms in total. The van der Waals surface area contributed by atoms with Gasteiger partial charge in [0.05, 0.1) is 6.61 Å². The van der Waals surface area contributed by atoms with Crippen LogP contribution in [0.2, 0.25) is 0 Å². The molecular weight excluding hydrogens is 248 g/mol. The van der Waals surface area contributed by atoms with Gasteiger partial charge in [0.25, 0.3) is 0 Å². The van der Waals surface area contributed by atoms with Crippen molar-refractivity contribution in [1.82, 2.24) is 10.2 Å². The van der Waals surface area contributed by atoms with Crippen LogP contribution in [0, 0.1) is 0 Å². The maximum atomic E-state index is 5.92. The first-order chi connectivity index (χ1) is 9.92. The molecule has 1 heterocycles. The summed E-state index contributed by atoms with van der Waals surface area (Å²) in [5, 5.41) is 3.39. The fourth-order valence-electron chi connectivity index (χ4n) is 3.21. The van der Waals surface area contributed by atoms with E-state index in [0.29, 0.717) is 0 Å². The van der Waals surface area contributed by atoms with Crippen LogP contribution in [0.25, 0.3) is 0 Å². The number of fused-ring (bicyclic) bond motifs is 1. The molecule has 0 saturated carbocycles. The molecule has 0 unspecified atom stereocenters. The molecule has 1 aromatic rings. The molecule has 1 aliphatic heterocycles. The van der Waals surface area contributed by atoms with E-state index in [9.17, 15) is 0 Å². The first kappa shape index (κ1) is 13.9. The predicted molar refractivity (Wildman–Crippen MR) is 82.5 cm³/mol. The van der Waals surface area contributed by atoms with Crippen LogP contribution in [0.5, 0.6) is 5.75 Å². The zero-order valence-corrected chi connectivity index (χ0v) is 12.4. The van der Waals surface area contributed by atoms with Crippen LogP contribution in [-0.4, -0.2) is 44.2 Å². The SMILES string of the molecule is c1cc2c(cc1OCCCN1CCNCC1)CCCC2. The summed E-state index contributed by atoms with van der Waals surface area (Å²) < 4.78 is 5.92. The lowest BCUT2D eigenvalue weighted by Crippen LogP contribution is -2.43. The van der Waals surface area contributed by atoms with E-state index in [-0.39, 0.29) is 0 Å². The molecule has 1 N–H and O–H groups in total. The maximum absolute atomic E-state index is 5.92. The van der Waals surface area contributed by atoms with Crippen LogP contribution >= 0.6 is 0 Å². The molecule has 3 heteroatoms. The van der Waals surface area contributed by atoms with E-state index in [0.717, 1.165) is 38.4 Å². The third-order valence-corrected chi connectivity index (χ3v) is 4.42. The quantitative estimate of drug-likeness (QED) is 0.833. The Bertz CT molecular complexity index is 427. The van der Waals surface area contributed by atoms with Crippen molar-refractivity contribution in [2.75, 3.05) is 39.3 Å². The van der Waals surface area contributed by atoms with Gasteiger partial charge >= 0.3 is 0 Å². The Labute approximate surface area is 122 Å². The second-order valence-corrected chi connectivity index (χ2v) is 5.93. The first-order valence-electron chi connectivity index (χ1n) is 8.09. The summed E-state index contributed by atoms with van der Waals surface area (Å²) in [5.41, 5.74) is 3.04. The molecule has 1 aromatic carbocycles. The van der Waals surface area contributed by atoms with Gasteiger partial charge in [-0.15, -0.1) is 0 Å². The molecule has 20 heavy (non-hydrogen) atoms. The van der Waals surface area contributed by atoms with Crippen molar-refractivity contribution in [3.8, 4) is 5.75 Å². The van der Waals surface area contributed by atoms with E-state index in [1.807, 2.05) is 0 Å². The van der Waals surface area contributed by atoms with E-state index in [1.165, 1.54) is 49.9 Å². The second-order valence-electron chi connectivity index (χ2n) is 5.93. The lowest BCUT2D eigenvalue weighted by atomic mass is 9.92. The Hall–Kier alpha value is -1.06. The minimum atomic E-state index is 0.836. The van der Waals surface area contributed by atoms with Crippen LogP contribution in [-0.2, 0) is 12.8 Å². The molecule has 1 saturated heterocycles. The fraction of sp³-hybridized carbons (Fsp3) is 0.647. The number of hydrogen-bond acceptors (Lipinski definition) is 3. The topological polar surface area (TPSA) is 24.5 Å². The van der Waals surface area contributed by atoms with Crippen molar-refractivity contribution in [2.45, 2.75) is 32.1 Å². The van der Waals surface area contributed by atoms with Gasteiger partial charge in [0.1, 0.15) is 5.75 Å². The monoisotopic (exact) mass is 274 g/mol. The number of rotatable bonds is 5. The third kappa shape index (κ3) is 3.74. The summed E-state index contributed by atoms with van der Waals surface area (Å²) in [6.45, 7) is 6.62. The van der Waals surface area contributed by atoms with E-state index < -0.39 is 0 Å². The number of hydrogen-bond donors (Lipinski definition) is 1. The van der Waals surface area contributed by atoms with Gasteiger partial charge in [0.2, 0.25) is 0 Å². The molecular formula is C17H26N2O. The van der Waals surface area contributed by atoms with Gasteiger partial charge in [-0.2, -0.15) is 0 Å². The van der Waals surface area contributed by atoms with Gasteiger partial charge < -0.3 is 15.0 Å². The number of ether oxygens (including phenoxy) is 1. The normalized spacial score (nSPS) is 19.6. The second kappa shape index (κ2) is 7.09. The highest BCUT2D eigenvalue weighted by atomic mass is 16.5. The lowest BCUT2D eigenvalue weighted by Gasteiger charge is -2.27. The molecule has 0 atom stereocenters. The van der Waals surface area contributed by atoms with Crippen molar-refractivity contribution >= 4 is 0 Å². The summed E-state index contributed by atoms with van der Waals surface area (Å²) in [6, 6.07) is 6.68. The smallest absolute Gasteiger partial charge is 0.119 e. The highest BCUT2D eigenvalue weighted by Crippen LogP contribution is 2.25. The summed E-state index contributed by atoms with van der Waals surface area (Å²) >= 11 is 0. The summed E-state index contributed by atoms with van der Waals surface area (Å²) in [6.07, 6.45) is 6.28. The highest BCUT2D eigenvalue weighted by Gasteiger charge is 2.10. The predicted octanol–water partition coefficient (Wildman–Crippen LogP) is 2.24. The lowest BCUT2D eigenvalue weighted by molar-refractivity contribution is 0.214. The minimum Gasteiger partial charge on any atom is -0.494 e. The zero-order valence-electron chi connectivity index (χ0n) is 12.4. The number of nitrogens with zero attached hydrogens (tertiary/aromatic N) is 1. The van der Waals surface area contributed by atoms with Crippen molar-refractivity contribution in [3.05, 3.63) is 29.3 Å². The summed E-state index contributed by atoms with van der Waals surface area (Å²) in [5.74, 6) is 1.06. The molecule has 3 rings (SSSR count). The highest BCUT2D eigenvalue weighted by molar-refractivity contribution is 5.37. The Morgan fingerprint density at radius 1 is 1.05 bits per heavy atom. The van der Waals surface area contributed by atoms with Gasteiger partial charge in [-0.1, -0.05) is 6.07 Å². The molecule has 0 spiro atoms. The van der Waals surface area contributed by atoms with Gasteiger partial charge in [-0.05, 0) is 55.4 Å². The molecule has 0 bridgehead atoms. The van der Waals surface area contributed by atoms with Crippen LogP contribution in [0.3, 0.4) is 0 Å². The Kier molecular flexibility index (Phi) is 4.93. The number of piperazine rings is 1. The van der Waals surface area contributed by atoms with Crippen LogP contribution in [0.15, 0.2) is 18.2 Å². The van der Waals surface area contributed by atoms with E-state index in [2.05, 4.69) is 28.4 Å². The molecule has 110 valence electrons. The number of benzene rings is 1. The van der Waals surface area contributed by atoms with Gasteiger partial charge in [-0.25, -0.2) is 0 Å². The van der Waals surface area contributed by atoms with Crippen molar-refractivity contribution in [3.63, 3.8) is 0 Å². The molecule has 0 radical (unpaired) electrons. The van der Waals surface area contributed by atoms with E-state index in [4.69, 9.17) is 4.74 Å². The van der Waals surface area contributed by atoms with Crippen molar-refractivity contribution in [1.29, 1.82) is 0 Å².